The van der Waals surface area contributed by atoms with Gasteiger partial charge in [0.05, 0.1) is 0 Å². The zero-order valence-corrected chi connectivity index (χ0v) is 13.6. The Balaban J connectivity index is 3.18. The van der Waals surface area contributed by atoms with Crippen molar-refractivity contribution in [1.82, 2.24) is 0 Å². The van der Waals surface area contributed by atoms with Crippen molar-refractivity contribution in [3.63, 3.8) is 0 Å². The molecule has 1 rings (SSSR count). The van der Waals surface area contributed by atoms with Gasteiger partial charge in [-0.05, 0) is 36.1 Å². The van der Waals surface area contributed by atoms with Gasteiger partial charge in [-0.1, -0.05) is 43.6 Å². The lowest BCUT2D eigenvalue weighted by Crippen LogP contribution is -2.32. The van der Waals surface area contributed by atoms with Gasteiger partial charge in [0.25, 0.3) is 0 Å². The van der Waals surface area contributed by atoms with Gasteiger partial charge in [0.1, 0.15) is 5.75 Å². The van der Waals surface area contributed by atoms with Gasteiger partial charge < -0.3 is 9.84 Å². The molecule has 1 aromatic carbocycles. The number of benzene rings is 1. The minimum absolute atomic E-state index is 0.0820. The highest BCUT2D eigenvalue weighted by Gasteiger charge is 2.25. The van der Waals surface area contributed by atoms with Gasteiger partial charge in [-0.3, -0.25) is 0 Å². The first-order valence-electron chi connectivity index (χ1n) is 6.43. The highest BCUT2D eigenvalue weighted by atomic mass is 79.9. The lowest BCUT2D eigenvalue weighted by Gasteiger charge is -2.22. The number of carboxylic acid groups (broad SMARTS) is 1. The predicted octanol–water partition coefficient (Wildman–Crippen LogP) is 4.37. The van der Waals surface area contributed by atoms with E-state index in [1.54, 1.807) is 0 Å². The van der Waals surface area contributed by atoms with E-state index in [1.807, 2.05) is 32.9 Å². The lowest BCUT2D eigenvalue weighted by atomic mass is 10.00. The van der Waals surface area contributed by atoms with Crippen molar-refractivity contribution in [2.75, 3.05) is 0 Å². The molecule has 3 nitrogen and oxygen atoms in total. The summed E-state index contributed by atoms with van der Waals surface area (Å²) in [7, 11) is 0. The summed E-state index contributed by atoms with van der Waals surface area (Å²) in [4.78, 5) is 11.2. The maximum absolute atomic E-state index is 11.2. The van der Waals surface area contributed by atoms with Crippen molar-refractivity contribution in [1.29, 1.82) is 0 Å². The number of halogens is 1. The van der Waals surface area contributed by atoms with Gasteiger partial charge in [-0.2, -0.15) is 0 Å². The molecule has 19 heavy (non-hydrogen) atoms. The first kappa shape index (κ1) is 16.0. The molecule has 0 fully saturated rings. The zero-order valence-electron chi connectivity index (χ0n) is 12.0. The van der Waals surface area contributed by atoms with Crippen LogP contribution in [0.3, 0.4) is 0 Å². The number of aryl methyl sites for hydroxylation is 1. The number of aliphatic carboxylic acids is 1. The van der Waals surface area contributed by atoms with E-state index in [1.165, 1.54) is 0 Å². The Bertz CT molecular complexity index is 467. The summed E-state index contributed by atoms with van der Waals surface area (Å²) in [5.41, 5.74) is 2.05. The Morgan fingerprint density at radius 2 is 1.84 bits per heavy atom. The van der Waals surface area contributed by atoms with Crippen LogP contribution in [0.25, 0.3) is 0 Å². The van der Waals surface area contributed by atoms with Gasteiger partial charge in [-0.25, -0.2) is 4.79 Å². The van der Waals surface area contributed by atoms with Crippen LogP contribution in [0, 0.1) is 12.8 Å². The van der Waals surface area contributed by atoms with E-state index in [4.69, 9.17) is 4.74 Å². The number of carboxylic acids is 1. The second-order valence-electron chi connectivity index (χ2n) is 5.41. The summed E-state index contributed by atoms with van der Waals surface area (Å²) in [5.74, 6) is -0.0722. The van der Waals surface area contributed by atoms with Crippen molar-refractivity contribution in [2.45, 2.75) is 46.6 Å². The van der Waals surface area contributed by atoms with Gasteiger partial charge in [0.2, 0.25) is 0 Å². The highest BCUT2D eigenvalue weighted by molar-refractivity contribution is 9.10. The summed E-state index contributed by atoms with van der Waals surface area (Å²) in [6.07, 6.45) is -0.821. The maximum Gasteiger partial charge on any atom is 0.345 e. The van der Waals surface area contributed by atoms with Crippen LogP contribution >= 0.6 is 15.9 Å². The quantitative estimate of drug-likeness (QED) is 0.872. The molecule has 0 aromatic heterocycles. The summed E-state index contributed by atoms with van der Waals surface area (Å²) in [6.45, 7) is 9.79. The van der Waals surface area contributed by atoms with Crippen molar-refractivity contribution in [3.8, 4) is 5.75 Å². The average Bonchev–Trinajstić information content (AvgIpc) is 2.28. The normalized spacial score (nSPS) is 12.8. The predicted molar refractivity (Wildman–Crippen MR) is 79.9 cm³/mol. The van der Waals surface area contributed by atoms with Crippen LogP contribution in [0.15, 0.2) is 16.6 Å². The van der Waals surface area contributed by atoms with Crippen LogP contribution in [-0.4, -0.2) is 17.2 Å². The molecule has 1 N–H and O–H groups in total. The zero-order chi connectivity index (χ0) is 14.7. The molecule has 1 aromatic rings. The van der Waals surface area contributed by atoms with E-state index in [0.717, 1.165) is 15.6 Å². The van der Waals surface area contributed by atoms with Crippen molar-refractivity contribution >= 4 is 21.9 Å². The maximum atomic E-state index is 11.2. The molecule has 0 bridgehead atoms. The minimum Gasteiger partial charge on any atom is -0.478 e. The second kappa shape index (κ2) is 6.42. The van der Waals surface area contributed by atoms with Crippen molar-refractivity contribution in [2.24, 2.45) is 5.92 Å². The number of rotatable bonds is 5. The SMILES string of the molecule is Cc1cc(OC(C(=O)O)C(C)C)c(C(C)C)cc1Br. The molecule has 4 heteroatoms. The minimum atomic E-state index is -0.926. The van der Waals surface area contributed by atoms with E-state index >= 15 is 0 Å². The van der Waals surface area contributed by atoms with Crippen molar-refractivity contribution < 1.29 is 14.6 Å². The fourth-order valence-electron chi connectivity index (χ4n) is 1.83. The standard InChI is InChI=1S/C15H21BrO3/c1-8(2)11-7-12(16)10(5)6-13(11)19-14(9(3)4)15(17)18/h6-9,14H,1-5H3,(H,17,18). The Morgan fingerprint density at radius 3 is 2.26 bits per heavy atom. The van der Waals surface area contributed by atoms with Crippen LogP contribution in [0.4, 0.5) is 0 Å². The van der Waals surface area contributed by atoms with Crippen LogP contribution in [-0.2, 0) is 4.79 Å². The third-order valence-corrected chi connectivity index (χ3v) is 3.87. The molecule has 0 aliphatic heterocycles. The number of hydrogen-bond acceptors (Lipinski definition) is 2. The van der Waals surface area contributed by atoms with Gasteiger partial charge >= 0.3 is 5.97 Å². The summed E-state index contributed by atoms with van der Waals surface area (Å²) in [6, 6.07) is 3.91. The van der Waals surface area contributed by atoms with Crippen LogP contribution in [0.5, 0.6) is 5.75 Å². The first-order valence-corrected chi connectivity index (χ1v) is 7.22. The monoisotopic (exact) mass is 328 g/mol. The Labute approximate surface area is 123 Å². The lowest BCUT2D eigenvalue weighted by molar-refractivity contribution is -0.147. The summed E-state index contributed by atoms with van der Waals surface area (Å²) < 4.78 is 6.76. The second-order valence-corrected chi connectivity index (χ2v) is 6.27. The van der Waals surface area contributed by atoms with Crippen LogP contribution in [0.2, 0.25) is 0 Å². The van der Waals surface area contributed by atoms with Gasteiger partial charge in [-0.15, -0.1) is 0 Å². The Kier molecular flexibility index (Phi) is 5.41. The molecule has 1 unspecified atom stereocenters. The fraction of sp³-hybridized carbons (Fsp3) is 0.533. The molecule has 106 valence electrons. The molecule has 0 heterocycles. The van der Waals surface area contributed by atoms with E-state index < -0.39 is 12.1 Å². The van der Waals surface area contributed by atoms with Crippen LogP contribution < -0.4 is 4.74 Å². The topological polar surface area (TPSA) is 46.5 Å². The number of hydrogen-bond donors (Lipinski definition) is 1. The van der Waals surface area contributed by atoms with E-state index in [0.29, 0.717) is 5.75 Å². The smallest absolute Gasteiger partial charge is 0.345 e. The molecule has 0 spiro atoms. The Morgan fingerprint density at radius 1 is 1.26 bits per heavy atom. The highest BCUT2D eigenvalue weighted by Crippen LogP contribution is 2.33. The molecular formula is C15H21BrO3. The number of ether oxygens (including phenoxy) is 1. The van der Waals surface area contributed by atoms with E-state index in [-0.39, 0.29) is 11.8 Å². The molecule has 0 radical (unpaired) electrons. The fourth-order valence-corrected chi connectivity index (χ4v) is 2.19. The first-order chi connectivity index (χ1) is 8.73. The summed E-state index contributed by atoms with van der Waals surface area (Å²) >= 11 is 3.50. The van der Waals surface area contributed by atoms with Gasteiger partial charge in [0, 0.05) is 10.4 Å². The molecule has 0 aliphatic rings. The van der Waals surface area contributed by atoms with E-state index in [2.05, 4.69) is 29.8 Å². The van der Waals surface area contributed by atoms with Crippen molar-refractivity contribution in [3.05, 3.63) is 27.7 Å². The molecule has 1 atom stereocenters. The Hall–Kier alpha value is -1.03. The van der Waals surface area contributed by atoms with Gasteiger partial charge in [0.15, 0.2) is 6.10 Å². The largest absolute Gasteiger partial charge is 0.478 e. The molecule has 0 saturated heterocycles. The van der Waals surface area contributed by atoms with E-state index in [9.17, 15) is 9.90 Å². The third-order valence-electron chi connectivity index (χ3n) is 3.02. The molecule has 0 amide bonds. The third kappa shape index (κ3) is 3.96. The average molecular weight is 329 g/mol. The van der Waals surface area contributed by atoms with Crippen LogP contribution in [0.1, 0.15) is 44.7 Å². The molecule has 0 aliphatic carbocycles. The molecule has 0 saturated carbocycles. The number of carbonyl (C=O) groups is 1. The molecular weight excluding hydrogens is 308 g/mol. The summed E-state index contributed by atoms with van der Waals surface area (Å²) in [5, 5.41) is 9.22.